The fourth-order valence-electron chi connectivity index (χ4n) is 3.83. The normalized spacial score (nSPS) is 17.3. The molecule has 1 aliphatic heterocycles. The van der Waals surface area contributed by atoms with Crippen LogP contribution in [-0.4, -0.2) is 6.10 Å². The minimum Gasteiger partial charge on any atom is -0.484 e. The van der Waals surface area contributed by atoms with Crippen molar-refractivity contribution in [1.82, 2.24) is 0 Å². The van der Waals surface area contributed by atoms with E-state index in [1.165, 1.54) is 39.0 Å². The molecule has 0 radical (unpaired) electrons. The van der Waals surface area contributed by atoms with Crippen LogP contribution in [0.25, 0.3) is 27.8 Å². The van der Waals surface area contributed by atoms with E-state index in [1.807, 2.05) is 0 Å². The Kier molecular flexibility index (Phi) is 3.53. The predicted molar refractivity (Wildman–Crippen MR) is 108 cm³/mol. The van der Waals surface area contributed by atoms with Crippen molar-refractivity contribution in [2.75, 3.05) is 0 Å². The first kappa shape index (κ1) is 15.2. The Hall–Kier alpha value is -3.06. The van der Waals surface area contributed by atoms with Crippen molar-refractivity contribution >= 4 is 5.57 Å². The smallest absolute Gasteiger partial charge is 0.135 e. The van der Waals surface area contributed by atoms with E-state index < -0.39 is 0 Å². The van der Waals surface area contributed by atoms with Crippen molar-refractivity contribution in [3.8, 4) is 28.0 Å². The van der Waals surface area contributed by atoms with E-state index in [9.17, 15) is 0 Å². The highest BCUT2D eigenvalue weighted by atomic mass is 16.5. The molecule has 1 heteroatoms. The lowest BCUT2D eigenvalue weighted by atomic mass is 9.94. The Labute approximate surface area is 154 Å². The van der Waals surface area contributed by atoms with Crippen molar-refractivity contribution in [2.24, 2.45) is 0 Å². The number of aryl methyl sites for hydroxylation is 1. The third-order valence-electron chi connectivity index (χ3n) is 5.28. The average Bonchev–Trinajstić information content (AvgIpc) is 3.08. The maximum absolute atomic E-state index is 6.30. The molecule has 3 aromatic carbocycles. The summed E-state index contributed by atoms with van der Waals surface area (Å²) in [4.78, 5) is 0. The average molecular weight is 336 g/mol. The van der Waals surface area contributed by atoms with Crippen LogP contribution in [0, 0.1) is 6.92 Å². The van der Waals surface area contributed by atoms with E-state index >= 15 is 0 Å². The van der Waals surface area contributed by atoms with Crippen LogP contribution >= 0.6 is 0 Å². The minimum atomic E-state index is 0.169. The minimum absolute atomic E-state index is 0.169. The van der Waals surface area contributed by atoms with Crippen molar-refractivity contribution < 1.29 is 4.74 Å². The summed E-state index contributed by atoms with van der Waals surface area (Å²) in [6.45, 7) is 2.12. The Morgan fingerprint density at radius 2 is 1.42 bits per heavy atom. The Balaban J connectivity index is 1.53. The fraction of sp³-hybridized carbons (Fsp3) is 0.120. The van der Waals surface area contributed by atoms with E-state index in [0.29, 0.717) is 0 Å². The van der Waals surface area contributed by atoms with Gasteiger partial charge in [0.2, 0.25) is 0 Å². The second-order valence-corrected chi connectivity index (χ2v) is 7.02. The molecule has 1 heterocycles. The van der Waals surface area contributed by atoms with Crippen LogP contribution in [0.1, 0.15) is 17.5 Å². The molecule has 5 rings (SSSR count). The van der Waals surface area contributed by atoms with Crippen molar-refractivity contribution in [3.05, 3.63) is 96.1 Å². The summed E-state index contributed by atoms with van der Waals surface area (Å²) in [6, 6.07) is 23.9. The van der Waals surface area contributed by atoms with Gasteiger partial charge in [-0.1, -0.05) is 90.5 Å². The molecule has 0 amide bonds. The van der Waals surface area contributed by atoms with Crippen LogP contribution in [0.15, 0.2) is 85.0 Å². The molecule has 0 fully saturated rings. The van der Waals surface area contributed by atoms with Gasteiger partial charge in [-0.15, -0.1) is 0 Å². The topological polar surface area (TPSA) is 9.23 Å². The summed E-state index contributed by atoms with van der Waals surface area (Å²) in [5, 5.41) is 0. The largest absolute Gasteiger partial charge is 0.484 e. The fourth-order valence-corrected chi connectivity index (χ4v) is 3.83. The molecule has 126 valence electrons. The first-order valence-electron chi connectivity index (χ1n) is 9.14. The second-order valence-electron chi connectivity index (χ2n) is 7.02. The van der Waals surface area contributed by atoms with Crippen molar-refractivity contribution in [3.63, 3.8) is 0 Å². The van der Waals surface area contributed by atoms with E-state index in [0.717, 1.165) is 12.2 Å². The van der Waals surface area contributed by atoms with Gasteiger partial charge in [-0.25, -0.2) is 0 Å². The van der Waals surface area contributed by atoms with Gasteiger partial charge in [-0.3, -0.25) is 0 Å². The zero-order valence-corrected chi connectivity index (χ0v) is 14.8. The third kappa shape index (κ3) is 2.48. The number of allylic oxidation sites excluding steroid dienone is 2. The van der Waals surface area contributed by atoms with Gasteiger partial charge in [0.1, 0.15) is 11.9 Å². The molecule has 0 saturated carbocycles. The summed E-state index contributed by atoms with van der Waals surface area (Å²) in [5.41, 5.74) is 8.69. The number of para-hydroxylation sites is 1. The van der Waals surface area contributed by atoms with Crippen LogP contribution in [0.2, 0.25) is 0 Å². The van der Waals surface area contributed by atoms with Gasteiger partial charge in [0.15, 0.2) is 0 Å². The lowest BCUT2D eigenvalue weighted by Gasteiger charge is -2.13. The first-order chi connectivity index (χ1) is 12.8. The molecule has 1 unspecified atom stereocenters. The van der Waals surface area contributed by atoms with Gasteiger partial charge in [0, 0.05) is 23.1 Å². The molecule has 1 aliphatic carbocycles. The molecule has 26 heavy (non-hydrogen) atoms. The summed E-state index contributed by atoms with van der Waals surface area (Å²) in [6.07, 6.45) is 7.61. The monoisotopic (exact) mass is 336 g/mol. The number of hydrogen-bond acceptors (Lipinski definition) is 1. The second kappa shape index (κ2) is 6.03. The van der Waals surface area contributed by atoms with Gasteiger partial charge in [0.05, 0.1) is 0 Å². The zero-order valence-electron chi connectivity index (χ0n) is 14.8. The standard InChI is InChI=1S/C25H20O/c1-17-9-11-18(12-10-17)19-13-15-20(16-14-19)21-6-4-7-23-22-5-2-3-8-24(22)26-25(21)23/h2-7,9-16,24H,8H2,1H3. The van der Waals surface area contributed by atoms with Gasteiger partial charge in [0.25, 0.3) is 0 Å². The maximum Gasteiger partial charge on any atom is 0.135 e. The Morgan fingerprint density at radius 1 is 0.769 bits per heavy atom. The van der Waals surface area contributed by atoms with Crippen LogP contribution in [-0.2, 0) is 0 Å². The number of hydrogen-bond donors (Lipinski definition) is 0. The third-order valence-corrected chi connectivity index (χ3v) is 5.28. The molecule has 3 aromatic rings. The zero-order chi connectivity index (χ0) is 17.5. The summed E-state index contributed by atoms with van der Waals surface area (Å²) in [5.74, 6) is 1.02. The first-order valence-corrected chi connectivity index (χ1v) is 9.14. The molecular formula is C25H20O. The molecule has 0 spiro atoms. The highest BCUT2D eigenvalue weighted by molar-refractivity contribution is 5.87. The van der Waals surface area contributed by atoms with E-state index in [2.05, 4.69) is 91.9 Å². The molecule has 2 aliphatic rings. The molecule has 1 nitrogen and oxygen atoms in total. The lowest BCUT2D eigenvalue weighted by molar-refractivity contribution is 0.280. The number of ether oxygens (including phenoxy) is 1. The highest BCUT2D eigenvalue weighted by Gasteiger charge is 2.30. The van der Waals surface area contributed by atoms with Crippen molar-refractivity contribution in [2.45, 2.75) is 19.4 Å². The van der Waals surface area contributed by atoms with E-state index in [4.69, 9.17) is 4.74 Å². The van der Waals surface area contributed by atoms with Gasteiger partial charge >= 0.3 is 0 Å². The Morgan fingerprint density at radius 3 is 2.19 bits per heavy atom. The van der Waals surface area contributed by atoms with Crippen LogP contribution in [0.4, 0.5) is 0 Å². The molecular weight excluding hydrogens is 316 g/mol. The Bertz CT molecular complexity index is 1020. The van der Waals surface area contributed by atoms with Crippen LogP contribution in [0.3, 0.4) is 0 Å². The molecule has 0 aromatic heterocycles. The lowest BCUT2D eigenvalue weighted by Crippen LogP contribution is -2.12. The van der Waals surface area contributed by atoms with Crippen molar-refractivity contribution in [1.29, 1.82) is 0 Å². The summed E-state index contributed by atoms with van der Waals surface area (Å²) < 4.78 is 6.30. The number of rotatable bonds is 2. The molecule has 0 bridgehead atoms. The number of benzene rings is 3. The molecule has 1 atom stereocenters. The predicted octanol–water partition coefficient (Wildman–Crippen LogP) is 6.43. The van der Waals surface area contributed by atoms with Gasteiger partial charge in [-0.2, -0.15) is 0 Å². The molecule has 0 saturated heterocycles. The SMILES string of the molecule is Cc1ccc(-c2ccc(-c3cccc4c3OC3CC=CC=C43)cc2)cc1. The van der Waals surface area contributed by atoms with Crippen LogP contribution < -0.4 is 4.74 Å². The summed E-state index contributed by atoms with van der Waals surface area (Å²) >= 11 is 0. The van der Waals surface area contributed by atoms with E-state index in [1.54, 1.807) is 0 Å². The number of fused-ring (bicyclic) bond motifs is 3. The summed E-state index contributed by atoms with van der Waals surface area (Å²) in [7, 11) is 0. The quantitative estimate of drug-likeness (QED) is 0.524. The highest BCUT2D eigenvalue weighted by Crippen LogP contribution is 2.46. The van der Waals surface area contributed by atoms with E-state index in [-0.39, 0.29) is 6.10 Å². The van der Waals surface area contributed by atoms with Crippen LogP contribution in [0.5, 0.6) is 5.75 Å². The maximum atomic E-state index is 6.30. The van der Waals surface area contributed by atoms with Gasteiger partial charge in [-0.05, 0) is 23.6 Å². The van der Waals surface area contributed by atoms with Gasteiger partial charge < -0.3 is 4.74 Å². The molecule has 0 N–H and O–H groups in total.